The molecule has 0 atom stereocenters. The van der Waals surface area contributed by atoms with Crippen molar-refractivity contribution in [1.82, 2.24) is 9.97 Å². The van der Waals surface area contributed by atoms with Crippen LogP contribution in [0.15, 0.2) is 54.9 Å². The number of benzene rings is 2. The van der Waals surface area contributed by atoms with Crippen LogP contribution >= 0.6 is 11.6 Å². The number of rotatable bonds is 6. The summed E-state index contributed by atoms with van der Waals surface area (Å²) in [5.41, 5.74) is 8.85. The number of nitrogen functional groups attached to an aromatic ring is 1. The van der Waals surface area contributed by atoms with Crippen LogP contribution in [-0.2, 0) is 6.54 Å². The molecule has 3 N–H and O–H groups in total. The first kappa shape index (κ1) is 18.0. The van der Waals surface area contributed by atoms with Crippen molar-refractivity contribution in [2.24, 2.45) is 0 Å². The lowest BCUT2D eigenvalue weighted by molar-refractivity contribution is 0.464. The summed E-state index contributed by atoms with van der Waals surface area (Å²) in [6.07, 6.45) is 1.43. The first-order valence-electron chi connectivity index (χ1n) is 8.39. The number of halogens is 1. The van der Waals surface area contributed by atoms with Gasteiger partial charge >= 0.3 is 0 Å². The summed E-state index contributed by atoms with van der Waals surface area (Å²) in [4.78, 5) is 8.34. The van der Waals surface area contributed by atoms with Gasteiger partial charge in [0.05, 0.1) is 0 Å². The van der Waals surface area contributed by atoms with E-state index in [1.807, 2.05) is 48.5 Å². The van der Waals surface area contributed by atoms with Crippen LogP contribution in [-0.4, -0.2) is 9.97 Å². The van der Waals surface area contributed by atoms with Gasteiger partial charge in [-0.3, -0.25) is 0 Å². The van der Waals surface area contributed by atoms with Crippen LogP contribution in [0.2, 0.25) is 5.02 Å². The van der Waals surface area contributed by atoms with Crippen molar-refractivity contribution < 1.29 is 4.74 Å². The van der Waals surface area contributed by atoms with E-state index in [1.54, 1.807) is 0 Å². The maximum Gasteiger partial charge on any atom is 0.248 e. The van der Waals surface area contributed by atoms with Crippen LogP contribution in [0.25, 0.3) is 0 Å². The number of nitrogens with zero attached hydrogens (tertiary/aromatic N) is 2. The third kappa shape index (κ3) is 4.43. The Kier molecular flexibility index (Phi) is 5.58. The molecule has 0 saturated carbocycles. The van der Waals surface area contributed by atoms with Gasteiger partial charge in [-0.05, 0) is 41.3 Å². The molecule has 0 spiro atoms. The van der Waals surface area contributed by atoms with Crippen LogP contribution in [0, 0.1) is 0 Å². The molecule has 0 amide bonds. The molecule has 1 aromatic heterocycles. The summed E-state index contributed by atoms with van der Waals surface area (Å²) >= 11 is 5.90. The van der Waals surface area contributed by atoms with Gasteiger partial charge < -0.3 is 15.8 Å². The van der Waals surface area contributed by atoms with Crippen molar-refractivity contribution in [2.45, 2.75) is 26.3 Å². The fraction of sp³-hybridized carbons (Fsp3) is 0.200. The number of anilines is 2. The number of aromatic nitrogens is 2. The lowest BCUT2D eigenvalue weighted by atomic mass is 10.0. The van der Waals surface area contributed by atoms with Gasteiger partial charge in [0, 0.05) is 11.6 Å². The minimum absolute atomic E-state index is 0.330. The van der Waals surface area contributed by atoms with Gasteiger partial charge in [0.25, 0.3) is 0 Å². The fourth-order valence-corrected chi connectivity index (χ4v) is 2.55. The van der Waals surface area contributed by atoms with Crippen molar-refractivity contribution in [1.29, 1.82) is 0 Å². The average Bonchev–Trinajstić information content (AvgIpc) is 2.64. The molecule has 26 heavy (non-hydrogen) atoms. The summed E-state index contributed by atoms with van der Waals surface area (Å²) < 4.78 is 5.82. The molecule has 134 valence electrons. The summed E-state index contributed by atoms with van der Waals surface area (Å²) in [5.74, 6) is 2.01. The molecule has 5 nitrogen and oxygen atoms in total. The quantitative estimate of drug-likeness (QED) is 0.622. The Labute approximate surface area is 158 Å². The van der Waals surface area contributed by atoms with E-state index >= 15 is 0 Å². The summed E-state index contributed by atoms with van der Waals surface area (Å²) in [7, 11) is 0. The monoisotopic (exact) mass is 368 g/mol. The van der Waals surface area contributed by atoms with Crippen LogP contribution in [0.4, 0.5) is 11.5 Å². The number of nitrogens with two attached hydrogens (primary N) is 1. The standard InChI is InChI=1S/C20H21ClN4O/c1-13(2)15-5-9-17(10-6-15)26-20-18(22)19(24-12-25-20)23-11-14-3-7-16(21)8-4-14/h3-10,12-13H,11,22H2,1-2H3,(H,23,24,25). The second kappa shape index (κ2) is 8.06. The van der Waals surface area contributed by atoms with Gasteiger partial charge in [-0.25, -0.2) is 4.98 Å². The first-order chi connectivity index (χ1) is 12.5. The molecule has 0 saturated heterocycles. The minimum atomic E-state index is 0.330. The van der Waals surface area contributed by atoms with Crippen molar-refractivity contribution in [2.75, 3.05) is 11.1 Å². The Balaban J connectivity index is 1.71. The molecule has 0 aliphatic carbocycles. The van der Waals surface area contributed by atoms with E-state index in [4.69, 9.17) is 22.1 Å². The topological polar surface area (TPSA) is 73.1 Å². The van der Waals surface area contributed by atoms with Crippen molar-refractivity contribution >= 4 is 23.1 Å². The Morgan fingerprint density at radius 3 is 2.38 bits per heavy atom. The number of ether oxygens (including phenoxy) is 1. The Morgan fingerprint density at radius 1 is 1.04 bits per heavy atom. The molecule has 0 aliphatic rings. The second-order valence-electron chi connectivity index (χ2n) is 6.25. The third-order valence-electron chi connectivity index (χ3n) is 3.98. The number of hydrogen-bond acceptors (Lipinski definition) is 5. The molecule has 1 heterocycles. The fourth-order valence-electron chi connectivity index (χ4n) is 2.42. The maximum atomic E-state index is 6.16. The Hall–Kier alpha value is -2.79. The molecule has 6 heteroatoms. The summed E-state index contributed by atoms with van der Waals surface area (Å²) in [6.45, 7) is 4.87. The lowest BCUT2D eigenvalue weighted by Gasteiger charge is -2.12. The van der Waals surface area contributed by atoms with Crippen molar-refractivity contribution in [3.63, 3.8) is 0 Å². The molecule has 3 aromatic rings. The van der Waals surface area contributed by atoms with E-state index in [0.29, 0.717) is 40.6 Å². The van der Waals surface area contributed by atoms with Gasteiger partial charge in [0.1, 0.15) is 17.8 Å². The highest BCUT2D eigenvalue weighted by Gasteiger charge is 2.10. The van der Waals surface area contributed by atoms with Gasteiger partial charge in [-0.15, -0.1) is 0 Å². The largest absolute Gasteiger partial charge is 0.437 e. The van der Waals surface area contributed by atoms with Crippen LogP contribution in [0.5, 0.6) is 11.6 Å². The van der Waals surface area contributed by atoms with E-state index in [1.165, 1.54) is 11.9 Å². The zero-order valence-corrected chi connectivity index (χ0v) is 15.5. The van der Waals surface area contributed by atoms with Crippen molar-refractivity contribution in [3.05, 3.63) is 71.0 Å². The molecule has 0 bridgehead atoms. The van der Waals surface area contributed by atoms with E-state index in [0.717, 1.165) is 5.56 Å². The van der Waals surface area contributed by atoms with Gasteiger partial charge in [-0.2, -0.15) is 4.98 Å². The highest BCUT2D eigenvalue weighted by atomic mass is 35.5. The first-order valence-corrected chi connectivity index (χ1v) is 8.77. The second-order valence-corrected chi connectivity index (χ2v) is 6.68. The zero-order chi connectivity index (χ0) is 18.5. The highest BCUT2D eigenvalue weighted by Crippen LogP contribution is 2.30. The predicted molar refractivity (Wildman–Crippen MR) is 106 cm³/mol. The number of hydrogen-bond donors (Lipinski definition) is 2. The minimum Gasteiger partial charge on any atom is -0.437 e. The van der Waals surface area contributed by atoms with E-state index in [9.17, 15) is 0 Å². The molecule has 2 aromatic carbocycles. The van der Waals surface area contributed by atoms with E-state index in [-0.39, 0.29) is 0 Å². The van der Waals surface area contributed by atoms with Gasteiger partial charge in [-0.1, -0.05) is 49.7 Å². The lowest BCUT2D eigenvalue weighted by Crippen LogP contribution is -2.06. The third-order valence-corrected chi connectivity index (χ3v) is 4.23. The zero-order valence-electron chi connectivity index (χ0n) is 14.7. The molecule has 0 radical (unpaired) electrons. The smallest absolute Gasteiger partial charge is 0.248 e. The van der Waals surface area contributed by atoms with E-state index < -0.39 is 0 Å². The Morgan fingerprint density at radius 2 is 1.73 bits per heavy atom. The summed E-state index contributed by atoms with van der Waals surface area (Å²) in [5, 5.41) is 3.90. The maximum absolute atomic E-state index is 6.16. The molecular weight excluding hydrogens is 348 g/mol. The van der Waals surface area contributed by atoms with Gasteiger partial charge in [0.2, 0.25) is 5.88 Å². The van der Waals surface area contributed by atoms with Crippen LogP contribution in [0.3, 0.4) is 0 Å². The SMILES string of the molecule is CC(C)c1ccc(Oc2ncnc(NCc3ccc(Cl)cc3)c2N)cc1. The average molecular weight is 369 g/mol. The molecule has 0 unspecified atom stereocenters. The number of nitrogens with one attached hydrogen (secondary N) is 1. The Bertz CT molecular complexity index is 864. The molecule has 0 fully saturated rings. The van der Waals surface area contributed by atoms with E-state index in [2.05, 4.69) is 29.1 Å². The molecular formula is C20H21ClN4O. The van der Waals surface area contributed by atoms with Crippen LogP contribution < -0.4 is 15.8 Å². The normalized spacial score (nSPS) is 10.8. The molecule has 3 rings (SSSR count). The highest BCUT2D eigenvalue weighted by molar-refractivity contribution is 6.30. The van der Waals surface area contributed by atoms with Gasteiger partial charge in [0.15, 0.2) is 5.82 Å². The predicted octanol–water partition coefficient (Wildman–Crippen LogP) is 5.24. The molecule has 0 aliphatic heterocycles. The summed E-state index contributed by atoms with van der Waals surface area (Å²) in [6, 6.07) is 15.5. The van der Waals surface area contributed by atoms with Crippen LogP contribution in [0.1, 0.15) is 30.9 Å². The van der Waals surface area contributed by atoms with Crippen molar-refractivity contribution in [3.8, 4) is 11.6 Å².